The second kappa shape index (κ2) is 12.4. The van der Waals surface area contributed by atoms with E-state index >= 15 is 0 Å². The van der Waals surface area contributed by atoms with E-state index < -0.39 is 28.8 Å². The minimum atomic E-state index is -1.17. The molecule has 1 fully saturated rings. The first-order valence-electron chi connectivity index (χ1n) is 13.9. The van der Waals surface area contributed by atoms with Crippen molar-refractivity contribution >= 4 is 17.7 Å². The summed E-state index contributed by atoms with van der Waals surface area (Å²) >= 11 is 0. The molecule has 8 heteroatoms. The number of ether oxygens (including phenoxy) is 2. The molecule has 2 unspecified atom stereocenters. The number of nitrogens with one attached hydrogen (secondary N) is 2. The van der Waals surface area contributed by atoms with E-state index in [1.54, 1.807) is 20.8 Å². The predicted octanol–water partition coefficient (Wildman–Crippen LogP) is 2.98. The highest BCUT2D eigenvalue weighted by Gasteiger charge is 2.56. The molecule has 3 atom stereocenters. The molecule has 210 valence electrons. The lowest BCUT2D eigenvalue weighted by Gasteiger charge is -2.42. The van der Waals surface area contributed by atoms with Gasteiger partial charge in [-0.2, -0.15) is 0 Å². The molecular weight excluding hydrogens is 494 g/mol. The van der Waals surface area contributed by atoms with Crippen LogP contribution in [0.1, 0.15) is 62.6 Å². The number of esters is 1. The largest absolute Gasteiger partial charge is 0.466 e. The summed E-state index contributed by atoms with van der Waals surface area (Å²) in [4.78, 5) is 40.5. The second-order valence-corrected chi connectivity index (χ2v) is 11.2. The summed E-state index contributed by atoms with van der Waals surface area (Å²) in [7, 11) is 0. The van der Waals surface area contributed by atoms with Gasteiger partial charge in [0.15, 0.2) is 5.78 Å². The average molecular weight is 536 g/mol. The Morgan fingerprint density at radius 1 is 1.08 bits per heavy atom. The van der Waals surface area contributed by atoms with Crippen LogP contribution in [0.25, 0.3) is 0 Å². The van der Waals surface area contributed by atoms with Gasteiger partial charge >= 0.3 is 5.97 Å². The number of fused-ring (bicyclic) bond motifs is 2. The number of amides is 1. The van der Waals surface area contributed by atoms with Crippen molar-refractivity contribution in [2.45, 2.75) is 69.6 Å². The number of carbonyl (C=O) groups excluding carboxylic acids is 3. The molecule has 1 aliphatic heterocycles. The van der Waals surface area contributed by atoms with Crippen molar-refractivity contribution in [1.29, 1.82) is 0 Å². The third-order valence-electron chi connectivity index (χ3n) is 8.02. The van der Waals surface area contributed by atoms with Crippen LogP contribution in [0, 0.1) is 5.92 Å². The van der Waals surface area contributed by atoms with Crippen LogP contribution in [0.2, 0.25) is 0 Å². The van der Waals surface area contributed by atoms with E-state index in [9.17, 15) is 14.4 Å². The summed E-state index contributed by atoms with van der Waals surface area (Å²) in [6.07, 6.45) is 1.62. The molecule has 0 saturated carbocycles. The summed E-state index contributed by atoms with van der Waals surface area (Å²) in [5, 5.41) is 6.32. The van der Waals surface area contributed by atoms with Gasteiger partial charge in [0.1, 0.15) is 6.04 Å². The van der Waals surface area contributed by atoms with Gasteiger partial charge in [-0.3, -0.25) is 14.4 Å². The molecule has 1 saturated heterocycles. The fraction of sp³-hybridized carbons (Fsp3) is 0.516. The van der Waals surface area contributed by atoms with Crippen LogP contribution in [0.15, 0.2) is 54.6 Å². The zero-order chi connectivity index (χ0) is 28.0. The molecular formula is C31H41N3O5. The number of Topliss-reactive ketones (excluding diaryl/α,β-unsaturated/α-hetero) is 1. The maximum atomic E-state index is 14.6. The Labute approximate surface area is 231 Å². The van der Waals surface area contributed by atoms with Crippen LogP contribution < -0.4 is 16.4 Å². The summed E-state index contributed by atoms with van der Waals surface area (Å²) in [5.74, 6) is -1.77. The highest BCUT2D eigenvalue weighted by atomic mass is 16.5. The van der Waals surface area contributed by atoms with Crippen LogP contribution >= 0.6 is 0 Å². The molecule has 0 bridgehead atoms. The number of piperidine rings is 1. The Kier molecular flexibility index (Phi) is 9.20. The first-order chi connectivity index (χ1) is 18.7. The van der Waals surface area contributed by atoms with Crippen LogP contribution in [0.4, 0.5) is 0 Å². The summed E-state index contributed by atoms with van der Waals surface area (Å²) in [6, 6.07) is 16.8. The lowest BCUT2D eigenvalue weighted by molar-refractivity contribution is -0.144. The lowest BCUT2D eigenvalue weighted by Crippen LogP contribution is -2.58. The third-order valence-corrected chi connectivity index (χ3v) is 8.02. The van der Waals surface area contributed by atoms with Gasteiger partial charge in [0, 0.05) is 17.3 Å². The predicted molar refractivity (Wildman–Crippen MR) is 149 cm³/mol. The molecule has 2 aromatic carbocycles. The highest BCUT2D eigenvalue weighted by molar-refractivity contribution is 5.95. The van der Waals surface area contributed by atoms with E-state index in [1.165, 1.54) is 0 Å². The molecule has 0 radical (unpaired) electrons. The Balaban J connectivity index is 1.70. The van der Waals surface area contributed by atoms with Crippen molar-refractivity contribution in [2.75, 3.05) is 26.3 Å². The van der Waals surface area contributed by atoms with E-state index in [1.807, 2.05) is 48.5 Å². The number of carbonyl (C=O) groups is 3. The van der Waals surface area contributed by atoms with Crippen molar-refractivity contribution in [3.05, 3.63) is 71.3 Å². The van der Waals surface area contributed by atoms with Crippen molar-refractivity contribution in [3.63, 3.8) is 0 Å². The number of hydrogen-bond acceptors (Lipinski definition) is 7. The Morgan fingerprint density at radius 2 is 1.74 bits per heavy atom. The molecule has 39 heavy (non-hydrogen) atoms. The topological polar surface area (TPSA) is 120 Å². The van der Waals surface area contributed by atoms with Gasteiger partial charge in [-0.05, 0) is 63.4 Å². The molecule has 4 N–H and O–H groups in total. The van der Waals surface area contributed by atoms with Crippen molar-refractivity contribution < 1.29 is 23.9 Å². The van der Waals surface area contributed by atoms with Gasteiger partial charge in [0.25, 0.3) is 0 Å². The van der Waals surface area contributed by atoms with E-state index in [2.05, 4.69) is 16.7 Å². The fourth-order valence-corrected chi connectivity index (χ4v) is 6.18. The Bertz CT molecular complexity index is 1150. The normalized spacial score (nSPS) is 20.7. The monoisotopic (exact) mass is 535 g/mol. The van der Waals surface area contributed by atoms with Crippen molar-refractivity contribution in [1.82, 2.24) is 10.6 Å². The van der Waals surface area contributed by atoms with Gasteiger partial charge in [-0.25, -0.2) is 0 Å². The van der Waals surface area contributed by atoms with Gasteiger partial charge in [-0.15, -0.1) is 0 Å². The molecule has 1 spiro atoms. The molecule has 1 aliphatic carbocycles. The summed E-state index contributed by atoms with van der Waals surface area (Å²) in [5.41, 5.74) is 7.58. The molecule has 2 aromatic rings. The number of hydrogen-bond donors (Lipinski definition) is 3. The van der Waals surface area contributed by atoms with E-state index in [0.717, 1.165) is 42.6 Å². The minimum absolute atomic E-state index is 0.00283. The van der Waals surface area contributed by atoms with Crippen LogP contribution in [-0.2, 0) is 35.9 Å². The smallest absolute Gasteiger partial charge is 0.306 e. The zero-order valence-electron chi connectivity index (χ0n) is 23.2. The van der Waals surface area contributed by atoms with E-state index in [0.29, 0.717) is 6.61 Å². The summed E-state index contributed by atoms with van der Waals surface area (Å²) in [6.45, 7) is 7.11. The molecule has 1 heterocycles. The molecule has 4 rings (SSSR count). The minimum Gasteiger partial charge on any atom is -0.466 e. The first kappa shape index (κ1) is 28.9. The molecule has 8 nitrogen and oxygen atoms in total. The van der Waals surface area contributed by atoms with Gasteiger partial charge in [0.05, 0.1) is 31.8 Å². The average Bonchev–Trinajstić information content (AvgIpc) is 3.16. The van der Waals surface area contributed by atoms with Gasteiger partial charge in [0.2, 0.25) is 5.91 Å². The SMILES string of the molecule is CCOC(=O)CC1c2ccccc2C2(CCNCC2)C1C(=O)[C@@H](COCc1ccccc1)NC(=O)C(C)(C)N. The van der Waals surface area contributed by atoms with Crippen LogP contribution in [0.3, 0.4) is 0 Å². The van der Waals surface area contributed by atoms with Gasteiger partial charge in [-0.1, -0.05) is 54.6 Å². The molecule has 0 aromatic heterocycles. The number of rotatable bonds is 11. The molecule has 2 aliphatic rings. The Morgan fingerprint density at radius 3 is 2.41 bits per heavy atom. The summed E-state index contributed by atoms with van der Waals surface area (Å²) < 4.78 is 11.3. The highest BCUT2D eigenvalue weighted by Crippen LogP contribution is 2.56. The van der Waals surface area contributed by atoms with Gasteiger partial charge < -0.3 is 25.8 Å². The van der Waals surface area contributed by atoms with E-state index in [-0.39, 0.29) is 37.3 Å². The molecule has 1 amide bonds. The fourth-order valence-electron chi connectivity index (χ4n) is 6.18. The maximum absolute atomic E-state index is 14.6. The maximum Gasteiger partial charge on any atom is 0.306 e. The zero-order valence-corrected chi connectivity index (χ0v) is 23.2. The van der Waals surface area contributed by atoms with Crippen LogP contribution in [-0.4, -0.2) is 55.5 Å². The number of nitrogens with two attached hydrogens (primary N) is 1. The first-order valence-corrected chi connectivity index (χ1v) is 13.9. The van der Waals surface area contributed by atoms with E-state index in [4.69, 9.17) is 15.2 Å². The van der Waals surface area contributed by atoms with Crippen LogP contribution in [0.5, 0.6) is 0 Å². The third kappa shape index (κ3) is 6.40. The van der Waals surface area contributed by atoms with Crippen molar-refractivity contribution in [2.24, 2.45) is 11.7 Å². The number of benzene rings is 2. The Hall–Kier alpha value is -3.07. The quantitative estimate of drug-likeness (QED) is 0.379. The standard InChI is InChI=1S/C31H41N3O5/c1-4-39-26(35)18-23-22-12-8-9-13-24(22)31(14-16-33-17-15-31)27(23)28(36)25(34-29(37)30(2,3)32)20-38-19-21-10-6-5-7-11-21/h5-13,23,25,27,33H,4,14-20,32H2,1-3H3,(H,34,37)/t23?,25-,27?/m1/s1. The number of ketones is 1. The second-order valence-electron chi connectivity index (χ2n) is 11.2. The van der Waals surface area contributed by atoms with Crippen molar-refractivity contribution in [3.8, 4) is 0 Å². The lowest BCUT2D eigenvalue weighted by atomic mass is 9.64.